The van der Waals surface area contributed by atoms with Gasteiger partial charge in [-0.2, -0.15) is 11.8 Å². The van der Waals surface area contributed by atoms with Crippen LogP contribution in [-0.2, 0) is 0 Å². The summed E-state index contributed by atoms with van der Waals surface area (Å²) in [5.41, 5.74) is 1.35. The summed E-state index contributed by atoms with van der Waals surface area (Å²) in [5, 5.41) is 10.3. The van der Waals surface area contributed by atoms with E-state index in [1.165, 1.54) is 6.07 Å². The zero-order valence-electron chi connectivity index (χ0n) is 13.6. The first kappa shape index (κ1) is 16.6. The molecule has 1 aromatic heterocycles. The van der Waals surface area contributed by atoms with E-state index in [0.717, 1.165) is 17.1 Å². The van der Waals surface area contributed by atoms with Crippen molar-refractivity contribution in [2.45, 2.75) is 18.6 Å². The fourth-order valence-electron chi connectivity index (χ4n) is 2.77. The van der Waals surface area contributed by atoms with Crippen LogP contribution in [-0.4, -0.2) is 30.2 Å². The van der Waals surface area contributed by atoms with Gasteiger partial charge in [0.1, 0.15) is 22.8 Å². The van der Waals surface area contributed by atoms with Crippen molar-refractivity contribution in [3.8, 4) is 11.5 Å². The molecular weight excluding hydrogens is 326 g/mol. The first-order valence-corrected chi connectivity index (χ1v) is 8.76. The standard InChI is InChI=1S/C18H19NO4S/c1-11-8-15(20)17(18(21)23-11)14-10-16(24-7-6-19-14)12-4-3-5-13(9-12)22-2/h3-5,8-9,16,20H,6-7,10H2,1-2H3/t16-/m0/s1. The number of hydrogen-bond donors (Lipinski definition) is 1. The highest BCUT2D eigenvalue weighted by Gasteiger charge is 2.24. The summed E-state index contributed by atoms with van der Waals surface area (Å²) in [6.07, 6.45) is 0.555. The van der Waals surface area contributed by atoms with Gasteiger partial charge in [0, 0.05) is 30.0 Å². The average Bonchev–Trinajstić information content (AvgIpc) is 2.80. The number of rotatable bonds is 3. The number of aromatic hydroxyl groups is 1. The van der Waals surface area contributed by atoms with Crippen LogP contribution in [0, 0.1) is 6.92 Å². The lowest BCUT2D eigenvalue weighted by Gasteiger charge is -2.16. The van der Waals surface area contributed by atoms with Crippen molar-refractivity contribution in [3.63, 3.8) is 0 Å². The highest BCUT2D eigenvalue weighted by atomic mass is 32.2. The molecule has 0 radical (unpaired) electrons. The van der Waals surface area contributed by atoms with Crippen molar-refractivity contribution < 1.29 is 14.3 Å². The molecule has 3 rings (SSSR count). The summed E-state index contributed by atoms with van der Waals surface area (Å²) in [5.74, 6) is 1.96. The Bertz CT molecular complexity index is 828. The van der Waals surface area contributed by atoms with Crippen LogP contribution in [0.1, 0.15) is 28.6 Å². The van der Waals surface area contributed by atoms with Gasteiger partial charge in [-0.3, -0.25) is 4.99 Å². The van der Waals surface area contributed by atoms with E-state index in [9.17, 15) is 9.90 Å². The van der Waals surface area contributed by atoms with Gasteiger partial charge in [-0.25, -0.2) is 4.79 Å². The van der Waals surface area contributed by atoms with Gasteiger partial charge in [0.25, 0.3) is 0 Å². The van der Waals surface area contributed by atoms with E-state index < -0.39 is 5.63 Å². The van der Waals surface area contributed by atoms with Crippen LogP contribution in [0.3, 0.4) is 0 Å². The number of ether oxygens (including phenoxy) is 1. The van der Waals surface area contributed by atoms with Crippen LogP contribution in [0.2, 0.25) is 0 Å². The van der Waals surface area contributed by atoms with Gasteiger partial charge in [0.2, 0.25) is 0 Å². The lowest BCUT2D eigenvalue weighted by Crippen LogP contribution is -2.17. The highest BCUT2D eigenvalue weighted by molar-refractivity contribution is 7.99. The van der Waals surface area contributed by atoms with Crippen molar-refractivity contribution in [2.75, 3.05) is 19.4 Å². The molecule has 1 aromatic carbocycles. The van der Waals surface area contributed by atoms with E-state index in [-0.39, 0.29) is 16.6 Å². The quantitative estimate of drug-likeness (QED) is 0.924. The van der Waals surface area contributed by atoms with Gasteiger partial charge in [-0.1, -0.05) is 12.1 Å². The minimum absolute atomic E-state index is 0.0706. The summed E-state index contributed by atoms with van der Waals surface area (Å²) >= 11 is 1.79. The van der Waals surface area contributed by atoms with Gasteiger partial charge in [-0.05, 0) is 24.6 Å². The molecule has 0 saturated heterocycles. The third-order valence-electron chi connectivity index (χ3n) is 3.90. The number of aryl methyl sites for hydroxylation is 1. The molecule has 1 N–H and O–H groups in total. The van der Waals surface area contributed by atoms with Crippen molar-refractivity contribution in [3.05, 3.63) is 57.6 Å². The second-order valence-electron chi connectivity index (χ2n) is 5.57. The Morgan fingerprint density at radius 3 is 2.96 bits per heavy atom. The fraction of sp³-hybridized carbons (Fsp3) is 0.333. The molecule has 1 aliphatic rings. The molecule has 6 heteroatoms. The number of nitrogens with zero attached hydrogens (tertiary/aromatic N) is 1. The normalized spacial score (nSPS) is 17.9. The molecule has 1 atom stereocenters. The first-order chi connectivity index (χ1) is 11.6. The Morgan fingerprint density at radius 2 is 2.21 bits per heavy atom. The predicted molar refractivity (Wildman–Crippen MR) is 95.6 cm³/mol. The van der Waals surface area contributed by atoms with E-state index in [4.69, 9.17) is 9.15 Å². The van der Waals surface area contributed by atoms with Crippen molar-refractivity contribution >= 4 is 17.5 Å². The Kier molecular flexibility index (Phi) is 4.94. The summed E-state index contributed by atoms with van der Waals surface area (Å²) in [4.78, 5) is 16.7. The zero-order valence-corrected chi connectivity index (χ0v) is 14.4. The maximum Gasteiger partial charge on any atom is 0.348 e. The van der Waals surface area contributed by atoms with E-state index >= 15 is 0 Å². The molecule has 0 aliphatic carbocycles. The number of thioether (sulfide) groups is 1. The van der Waals surface area contributed by atoms with Crippen LogP contribution in [0.4, 0.5) is 0 Å². The minimum Gasteiger partial charge on any atom is -0.507 e. The van der Waals surface area contributed by atoms with Crippen LogP contribution >= 0.6 is 11.8 Å². The molecule has 0 saturated carbocycles. The minimum atomic E-state index is -0.539. The highest BCUT2D eigenvalue weighted by Crippen LogP contribution is 2.37. The molecule has 0 bridgehead atoms. The largest absolute Gasteiger partial charge is 0.507 e. The van der Waals surface area contributed by atoms with Gasteiger partial charge >= 0.3 is 5.63 Å². The molecule has 24 heavy (non-hydrogen) atoms. The second kappa shape index (κ2) is 7.13. The lowest BCUT2D eigenvalue weighted by molar-refractivity contribution is 0.414. The Balaban J connectivity index is 1.96. The van der Waals surface area contributed by atoms with Gasteiger partial charge in [-0.15, -0.1) is 0 Å². The lowest BCUT2D eigenvalue weighted by atomic mass is 10.0. The maximum absolute atomic E-state index is 12.2. The van der Waals surface area contributed by atoms with Gasteiger partial charge < -0.3 is 14.3 Å². The van der Waals surface area contributed by atoms with Crippen LogP contribution in [0.25, 0.3) is 0 Å². The van der Waals surface area contributed by atoms with Crippen molar-refractivity contribution in [1.29, 1.82) is 0 Å². The molecule has 1 aliphatic heterocycles. The number of hydrogen-bond acceptors (Lipinski definition) is 6. The smallest absolute Gasteiger partial charge is 0.348 e. The molecule has 5 nitrogen and oxygen atoms in total. The van der Waals surface area contributed by atoms with E-state index in [1.807, 2.05) is 24.3 Å². The molecule has 0 spiro atoms. The molecule has 2 aromatic rings. The third-order valence-corrected chi connectivity index (χ3v) is 5.16. The molecule has 126 valence electrons. The number of methoxy groups -OCH3 is 1. The fourth-order valence-corrected chi connectivity index (χ4v) is 3.87. The van der Waals surface area contributed by atoms with Crippen molar-refractivity contribution in [1.82, 2.24) is 0 Å². The van der Waals surface area contributed by atoms with Gasteiger partial charge in [0.05, 0.1) is 12.8 Å². The molecular formula is C18H19NO4S. The predicted octanol–water partition coefficient (Wildman–Crippen LogP) is 3.33. The summed E-state index contributed by atoms with van der Waals surface area (Å²) in [7, 11) is 1.64. The maximum atomic E-state index is 12.2. The van der Waals surface area contributed by atoms with Crippen LogP contribution in [0.15, 0.2) is 44.5 Å². The van der Waals surface area contributed by atoms with E-state index in [0.29, 0.717) is 24.4 Å². The number of aliphatic imine (C=N–C) groups is 1. The van der Waals surface area contributed by atoms with E-state index in [1.54, 1.807) is 25.8 Å². The molecule has 2 heterocycles. The summed E-state index contributed by atoms with van der Waals surface area (Å²) < 4.78 is 10.4. The average molecular weight is 345 g/mol. The van der Waals surface area contributed by atoms with E-state index in [2.05, 4.69) is 4.99 Å². The molecule has 0 unspecified atom stereocenters. The van der Waals surface area contributed by atoms with Crippen LogP contribution in [0.5, 0.6) is 11.5 Å². The van der Waals surface area contributed by atoms with Crippen LogP contribution < -0.4 is 10.4 Å². The summed E-state index contributed by atoms with van der Waals surface area (Å²) in [6, 6.07) is 9.35. The second-order valence-corrected chi connectivity index (χ2v) is 6.88. The topological polar surface area (TPSA) is 72.0 Å². The molecule has 0 fully saturated rings. The first-order valence-electron chi connectivity index (χ1n) is 7.71. The third kappa shape index (κ3) is 3.48. The SMILES string of the molecule is COc1cccc([C@@H]2CC(c3c(O)cc(C)oc3=O)=NCCS2)c1. The number of benzene rings is 1. The van der Waals surface area contributed by atoms with Crippen molar-refractivity contribution in [2.24, 2.45) is 4.99 Å². The Labute approximate surface area is 144 Å². The summed E-state index contributed by atoms with van der Waals surface area (Å²) in [6.45, 7) is 2.24. The Hall–Kier alpha value is -2.21. The monoisotopic (exact) mass is 345 g/mol. The molecule has 0 amide bonds. The zero-order chi connectivity index (χ0) is 17.1. The van der Waals surface area contributed by atoms with Gasteiger partial charge in [0.15, 0.2) is 0 Å². The Morgan fingerprint density at radius 1 is 1.38 bits per heavy atom.